The monoisotopic (exact) mass is 379 g/mol. The maximum absolute atomic E-state index is 4.78. The van der Waals surface area contributed by atoms with Crippen molar-refractivity contribution in [1.29, 1.82) is 0 Å². The number of aryl methyl sites for hydroxylation is 1. The fourth-order valence-corrected chi connectivity index (χ4v) is 3.67. The molecular formula is C18H18AsN5. The predicted octanol–water partition coefficient (Wildman–Crippen LogP) is 1.59. The molecule has 1 saturated heterocycles. The van der Waals surface area contributed by atoms with Crippen molar-refractivity contribution in [2.75, 3.05) is 18.0 Å². The number of aromatic nitrogens is 4. The second-order valence-electron chi connectivity index (χ2n) is 6.37. The van der Waals surface area contributed by atoms with Crippen LogP contribution in [0.1, 0.15) is 17.7 Å². The molecule has 1 atom stereocenters. The molecule has 0 N–H and O–H groups in total. The molecular weight excluding hydrogens is 361 g/mol. The standard InChI is InChI=1S/C18H18AsN5/c1-12-2-3-14(20-9-12)8-13-6-7-24(10-13)16-5-4-15-17(23-16)18(19)22-11-21-15/h2-5,9,11,13H,6-8,10H2,1H3. The van der Waals surface area contributed by atoms with Crippen LogP contribution in [0.15, 0.2) is 36.8 Å². The van der Waals surface area contributed by atoms with Gasteiger partial charge in [0.15, 0.2) is 0 Å². The molecule has 0 saturated carbocycles. The number of nitrogens with zero attached hydrogens (tertiary/aromatic N) is 5. The molecule has 2 radical (unpaired) electrons. The van der Waals surface area contributed by atoms with Crippen molar-refractivity contribution in [2.24, 2.45) is 5.92 Å². The summed E-state index contributed by atoms with van der Waals surface area (Å²) in [5.74, 6) is 1.64. The van der Waals surface area contributed by atoms with Crippen LogP contribution in [0.5, 0.6) is 0 Å². The van der Waals surface area contributed by atoms with Gasteiger partial charge in [-0.15, -0.1) is 0 Å². The van der Waals surface area contributed by atoms with Crippen LogP contribution >= 0.6 is 0 Å². The van der Waals surface area contributed by atoms with Gasteiger partial charge in [-0.3, -0.25) is 0 Å². The van der Waals surface area contributed by atoms with E-state index in [-0.39, 0.29) is 0 Å². The van der Waals surface area contributed by atoms with Crippen LogP contribution in [-0.4, -0.2) is 49.9 Å². The minimum atomic E-state index is 0.626. The van der Waals surface area contributed by atoms with E-state index in [0.29, 0.717) is 5.92 Å². The van der Waals surface area contributed by atoms with Gasteiger partial charge in [0.25, 0.3) is 0 Å². The van der Waals surface area contributed by atoms with Gasteiger partial charge in [-0.25, -0.2) is 0 Å². The van der Waals surface area contributed by atoms with Crippen LogP contribution in [0.3, 0.4) is 0 Å². The molecule has 0 bridgehead atoms. The van der Waals surface area contributed by atoms with Gasteiger partial charge in [0, 0.05) is 0 Å². The summed E-state index contributed by atoms with van der Waals surface area (Å²) in [4.78, 5) is 20.2. The van der Waals surface area contributed by atoms with E-state index in [4.69, 9.17) is 4.98 Å². The molecule has 6 heteroatoms. The Morgan fingerprint density at radius 2 is 2.08 bits per heavy atom. The Balaban J connectivity index is 1.50. The Morgan fingerprint density at radius 1 is 1.17 bits per heavy atom. The van der Waals surface area contributed by atoms with E-state index in [2.05, 4.69) is 61.8 Å². The fraction of sp³-hybridized carbons (Fsp3) is 0.333. The van der Waals surface area contributed by atoms with Crippen LogP contribution in [0.4, 0.5) is 5.82 Å². The number of anilines is 1. The van der Waals surface area contributed by atoms with E-state index in [1.54, 1.807) is 6.33 Å². The van der Waals surface area contributed by atoms with Crippen molar-refractivity contribution in [3.8, 4) is 0 Å². The molecule has 1 aliphatic heterocycles. The molecule has 3 aromatic rings. The Kier molecular flexibility index (Phi) is 4.19. The zero-order chi connectivity index (χ0) is 16.5. The number of rotatable bonds is 3. The molecule has 1 unspecified atom stereocenters. The summed E-state index contributed by atoms with van der Waals surface area (Å²) in [7, 11) is 0. The summed E-state index contributed by atoms with van der Waals surface area (Å²) in [6.07, 6.45) is 5.74. The first-order valence-electron chi connectivity index (χ1n) is 8.16. The zero-order valence-corrected chi connectivity index (χ0v) is 15.4. The van der Waals surface area contributed by atoms with Gasteiger partial charge in [0.05, 0.1) is 0 Å². The molecule has 1 fully saturated rings. The summed E-state index contributed by atoms with van der Waals surface area (Å²) in [5.41, 5.74) is 4.16. The van der Waals surface area contributed by atoms with Crippen molar-refractivity contribution < 1.29 is 0 Å². The molecule has 0 aromatic carbocycles. The predicted molar refractivity (Wildman–Crippen MR) is 95.7 cm³/mol. The molecule has 4 rings (SSSR count). The molecule has 0 amide bonds. The number of pyridine rings is 2. The molecule has 3 aromatic heterocycles. The van der Waals surface area contributed by atoms with Gasteiger partial charge in [0.2, 0.25) is 0 Å². The molecule has 4 heterocycles. The van der Waals surface area contributed by atoms with Crippen molar-refractivity contribution in [3.05, 3.63) is 48.0 Å². The van der Waals surface area contributed by atoms with E-state index >= 15 is 0 Å². The van der Waals surface area contributed by atoms with Gasteiger partial charge in [-0.1, -0.05) is 0 Å². The topological polar surface area (TPSA) is 54.8 Å². The van der Waals surface area contributed by atoms with Crippen molar-refractivity contribution in [2.45, 2.75) is 19.8 Å². The van der Waals surface area contributed by atoms with Gasteiger partial charge >= 0.3 is 143 Å². The van der Waals surface area contributed by atoms with Crippen LogP contribution < -0.4 is 9.38 Å². The van der Waals surface area contributed by atoms with Gasteiger partial charge in [-0.2, -0.15) is 0 Å². The fourth-order valence-electron chi connectivity index (χ4n) is 3.22. The van der Waals surface area contributed by atoms with E-state index < -0.39 is 0 Å². The third-order valence-corrected chi connectivity index (χ3v) is 5.21. The van der Waals surface area contributed by atoms with E-state index in [0.717, 1.165) is 40.8 Å². The van der Waals surface area contributed by atoms with Gasteiger partial charge in [-0.05, 0) is 6.92 Å². The van der Waals surface area contributed by atoms with Crippen LogP contribution in [-0.2, 0) is 6.42 Å². The number of hydrogen-bond donors (Lipinski definition) is 0. The summed E-state index contributed by atoms with van der Waals surface area (Å²) < 4.78 is 0.869. The van der Waals surface area contributed by atoms with Crippen molar-refractivity contribution in [1.82, 2.24) is 19.9 Å². The van der Waals surface area contributed by atoms with Crippen molar-refractivity contribution in [3.63, 3.8) is 0 Å². The summed E-state index contributed by atoms with van der Waals surface area (Å²) in [5, 5.41) is 0. The SMILES string of the molecule is Cc1ccc(CC2CCN(c3ccc4ncnc([As])c4n3)C2)nc1. The average molecular weight is 379 g/mol. The maximum atomic E-state index is 4.78. The second-order valence-corrected chi connectivity index (χ2v) is 7.25. The second kappa shape index (κ2) is 6.48. The molecule has 24 heavy (non-hydrogen) atoms. The van der Waals surface area contributed by atoms with E-state index in [9.17, 15) is 0 Å². The van der Waals surface area contributed by atoms with Crippen LogP contribution in [0.25, 0.3) is 11.0 Å². The molecule has 1 aliphatic rings. The Labute approximate surface area is 150 Å². The first-order chi connectivity index (χ1) is 11.7. The Bertz CT molecular complexity index is 865. The normalized spacial score (nSPS) is 17.6. The first-order valence-corrected chi connectivity index (χ1v) is 9.10. The summed E-state index contributed by atoms with van der Waals surface area (Å²) >= 11 is 2.48. The molecule has 0 aliphatic carbocycles. The minimum absolute atomic E-state index is 0.626. The van der Waals surface area contributed by atoms with Crippen LogP contribution in [0.2, 0.25) is 0 Å². The van der Waals surface area contributed by atoms with Crippen molar-refractivity contribution >= 4 is 38.2 Å². The van der Waals surface area contributed by atoms with E-state index in [1.165, 1.54) is 17.7 Å². The quantitative estimate of drug-likeness (QED) is 0.647. The number of fused-ring (bicyclic) bond motifs is 1. The zero-order valence-electron chi connectivity index (χ0n) is 13.6. The van der Waals surface area contributed by atoms with Gasteiger partial charge in [0.1, 0.15) is 0 Å². The summed E-state index contributed by atoms with van der Waals surface area (Å²) in [6, 6.07) is 8.38. The molecule has 0 spiro atoms. The first kappa shape index (κ1) is 15.5. The third-order valence-electron chi connectivity index (χ3n) is 4.53. The third kappa shape index (κ3) is 3.13. The Hall–Kier alpha value is -2.00. The number of hydrogen-bond acceptors (Lipinski definition) is 5. The van der Waals surface area contributed by atoms with E-state index in [1.807, 2.05) is 12.3 Å². The molecule has 120 valence electrons. The molecule has 5 nitrogen and oxygen atoms in total. The Morgan fingerprint density at radius 3 is 2.92 bits per heavy atom. The van der Waals surface area contributed by atoms with Gasteiger partial charge < -0.3 is 0 Å². The average Bonchev–Trinajstić information content (AvgIpc) is 3.06. The van der Waals surface area contributed by atoms with Crippen LogP contribution in [0, 0.1) is 12.8 Å². The summed E-state index contributed by atoms with van der Waals surface area (Å²) in [6.45, 7) is 4.14.